The summed E-state index contributed by atoms with van der Waals surface area (Å²) in [5.74, 6) is -0.146. The maximum absolute atomic E-state index is 13.5. The van der Waals surface area contributed by atoms with Crippen molar-refractivity contribution in [3.05, 3.63) is 53.1 Å². The second kappa shape index (κ2) is 10.1. The fraction of sp³-hybridized carbons (Fsp3) is 0.417. The van der Waals surface area contributed by atoms with Crippen LogP contribution in [-0.4, -0.2) is 56.1 Å². The van der Waals surface area contributed by atoms with Gasteiger partial charge in [0.25, 0.3) is 5.91 Å². The largest absolute Gasteiger partial charge is 0.302 e. The van der Waals surface area contributed by atoms with Crippen LogP contribution in [-0.2, 0) is 9.84 Å². The minimum atomic E-state index is -3.31. The first-order valence-electron chi connectivity index (χ1n) is 10.9. The maximum Gasteiger partial charge on any atom is 0.260 e. The number of benzene rings is 2. The number of anilines is 1. The van der Waals surface area contributed by atoms with Crippen LogP contribution in [0.3, 0.4) is 0 Å². The van der Waals surface area contributed by atoms with E-state index in [2.05, 4.69) is 31.7 Å². The predicted molar refractivity (Wildman–Crippen MR) is 133 cm³/mol. The van der Waals surface area contributed by atoms with Crippen LogP contribution in [0.25, 0.3) is 10.2 Å². The van der Waals surface area contributed by atoms with Gasteiger partial charge in [-0.3, -0.25) is 9.69 Å². The van der Waals surface area contributed by atoms with Gasteiger partial charge in [-0.2, -0.15) is 0 Å². The number of fused-ring (bicyclic) bond motifs is 1. The van der Waals surface area contributed by atoms with Crippen LogP contribution in [0.2, 0.25) is 0 Å². The summed E-state index contributed by atoms with van der Waals surface area (Å²) in [4.78, 5) is 22.5. The van der Waals surface area contributed by atoms with Crippen molar-refractivity contribution in [2.45, 2.75) is 39.5 Å². The number of hydrogen-bond acceptors (Lipinski definition) is 6. The minimum absolute atomic E-state index is 0.0285. The van der Waals surface area contributed by atoms with Crippen molar-refractivity contribution in [3.63, 3.8) is 0 Å². The molecule has 0 atom stereocenters. The summed E-state index contributed by atoms with van der Waals surface area (Å²) < 4.78 is 25.3. The molecule has 32 heavy (non-hydrogen) atoms. The van der Waals surface area contributed by atoms with Gasteiger partial charge in [-0.25, -0.2) is 13.4 Å². The molecule has 0 aliphatic carbocycles. The highest BCUT2D eigenvalue weighted by atomic mass is 32.2. The van der Waals surface area contributed by atoms with Gasteiger partial charge in [0, 0.05) is 18.7 Å². The van der Waals surface area contributed by atoms with E-state index in [1.54, 1.807) is 24.0 Å². The van der Waals surface area contributed by atoms with E-state index in [1.165, 1.54) is 23.5 Å². The molecular formula is C24H31N3O3S2. The number of thiazole rings is 1. The topological polar surface area (TPSA) is 70.6 Å². The number of likely N-dealkylation sites (N-methyl/N-ethyl adjacent to an activating group) is 1. The lowest BCUT2D eigenvalue weighted by Gasteiger charge is -2.24. The van der Waals surface area contributed by atoms with E-state index in [0.717, 1.165) is 41.0 Å². The number of nitrogens with zero attached hydrogens (tertiary/aromatic N) is 3. The molecule has 3 aromatic rings. The number of carbonyl (C=O) groups is 1. The summed E-state index contributed by atoms with van der Waals surface area (Å²) in [6.45, 7) is 13.0. The van der Waals surface area contributed by atoms with Crippen molar-refractivity contribution in [1.29, 1.82) is 0 Å². The molecule has 8 heteroatoms. The van der Waals surface area contributed by atoms with E-state index in [0.29, 0.717) is 17.2 Å². The fourth-order valence-electron chi connectivity index (χ4n) is 3.67. The van der Waals surface area contributed by atoms with E-state index in [-0.39, 0.29) is 16.6 Å². The molecule has 0 radical (unpaired) electrons. The lowest BCUT2D eigenvalue weighted by molar-refractivity contribution is 0.0983. The number of aryl methyl sites for hydroxylation is 2. The third-order valence-corrected chi connectivity index (χ3v) is 8.64. The molecule has 6 nitrogen and oxygen atoms in total. The molecule has 1 heterocycles. The third kappa shape index (κ3) is 5.19. The first-order valence-corrected chi connectivity index (χ1v) is 13.4. The summed E-state index contributed by atoms with van der Waals surface area (Å²) in [5.41, 5.74) is 3.63. The SMILES string of the molecule is CCN(CC)CCN(C(=O)c1ccc(S(=O)(=O)CC)cc1)c1nc2cc(C)cc(C)c2s1. The van der Waals surface area contributed by atoms with Gasteiger partial charge in [0.05, 0.1) is 20.9 Å². The molecule has 0 saturated carbocycles. The highest BCUT2D eigenvalue weighted by molar-refractivity contribution is 7.91. The van der Waals surface area contributed by atoms with Crippen molar-refractivity contribution in [2.24, 2.45) is 0 Å². The highest BCUT2D eigenvalue weighted by Crippen LogP contribution is 2.33. The Balaban J connectivity index is 1.99. The summed E-state index contributed by atoms with van der Waals surface area (Å²) in [5, 5.41) is 0.663. The first kappa shape index (κ1) is 24.4. The third-order valence-electron chi connectivity index (χ3n) is 5.66. The zero-order valence-electron chi connectivity index (χ0n) is 19.4. The molecule has 0 unspecified atom stereocenters. The molecule has 1 aromatic heterocycles. The van der Waals surface area contributed by atoms with Crippen LogP contribution < -0.4 is 4.90 Å². The molecule has 3 rings (SSSR count). The van der Waals surface area contributed by atoms with Gasteiger partial charge < -0.3 is 4.90 Å². The Morgan fingerprint density at radius 3 is 2.25 bits per heavy atom. The van der Waals surface area contributed by atoms with Gasteiger partial charge in [0.2, 0.25) is 0 Å². The zero-order valence-corrected chi connectivity index (χ0v) is 21.0. The Kier molecular flexibility index (Phi) is 7.69. The average Bonchev–Trinajstić information content (AvgIpc) is 3.20. The van der Waals surface area contributed by atoms with Crippen LogP contribution in [0.15, 0.2) is 41.3 Å². The molecule has 0 bridgehead atoms. The van der Waals surface area contributed by atoms with Crippen LogP contribution >= 0.6 is 11.3 Å². The number of sulfone groups is 1. The van der Waals surface area contributed by atoms with Crippen LogP contribution in [0.1, 0.15) is 42.3 Å². The molecule has 2 aromatic carbocycles. The van der Waals surface area contributed by atoms with E-state index >= 15 is 0 Å². The molecule has 0 aliphatic heterocycles. The van der Waals surface area contributed by atoms with Crippen molar-refractivity contribution in [3.8, 4) is 0 Å². The van der Waals surface area contributed by atoms with E-state index in [1.807, 2.05) is 13.0 Å². The second-order valence-electron chi connectivity index (χ2n) is 7.84. The second-order valence-corrected chi connectivity index (χ2v) is 11.1. The highest BCUT2D eigenvalue weighted by Gasteiger charge is 2.23. The molecule has 0 fully saturated rings. The van der Waals surface area contributed by atoms with Crippen molar-refractivity contribution < 1.29 is 13.2 Å². The molecule has 0 aliphatic rings. The summed E-state index contributed by atoms with van der Waals surface area (Å²) in [7, 11) is -3.31. The van der Waals surface area contributed by atoms with Crippen molar-refractivity contribution >= 4 is 42.4 Å². The van der Waals surface area contributed by atoms with Crippen molar-refractivity contribution in [1.82, 2.24) is 9.88 Å². The van der Waals surface area contributed by atoms with Gasteiger partial charge in [-0.05, 0) is 68.4 Å². The first-order chi connectivity index (χ1) is 15.2. The predicted octanol–water partition coefficient (Wildman–Crippen LogP) is 4.70. The number of rotatable bonds is 9. The summed E-state index contributed by atoms with van der Waals surface area (Å²) in [6.07, 6.45) is 0. The lowest BCUT2D eigenvalue weighted by atomic mass is 10.1. The fourth-order valence-corrected chi connectivity index (χ4v) is 5.60. The molecule has 0 N–H and O–H groups in total. The molecule has 0 spiro atoms. The Morgan fingerprint density at radius 1 is 1.00 bits per heavy atom. The number of amides is 1. The normalized spacial score (nSPS) is 11.9. The number of hydrogen-bond donors (Lipinski definition) is 0. The van der Waals surface area contributed by atoms with Crippen LogP contribution in [0.5, 0.6) is 0 Å². The van der Waals surface area contributed by atoms with E-state index in [9.17, 15) is 13.2 Å². The zero-order chi connectivity index (χ0) is 23.5. The Hall–Kier alpha value is -2.29. The quantitative estimate of drug-likeness (QED) is 0.451. The number of carbonyl (C=O) groups excluding carboxylic acids is 1. The maximum atomic E-state index is 13.5. The Bertz CT molecular complexity index is 1200. The van der Waals surface area contributed by atoms with Gasteiger partial charge >= 0.3 is 0 Å². The molecule has 1 amide bonds. The van der Waals surface area contributed by atoms with Gasteiger partial charge in [-0.1, -0.05) is 38.2 Å². The van der Waals surface area contributed by atoms with Crippen LogP contribution in [0, 0.1) is 13.8 Å². The average molecular weight is 474 g/mol. The Morgan fingerprint density at radius 2 is 1.66 bits per heavy atom. The van der Waals surface area contributed by atoms with E-state index in [4.69, 9.17) is 4.98 Å². The van der Waals surface area contributed by atoms with Gasteiger partial charge in [0.1, 0.15) is 0 Å². The smallest absolute Gasteiger partial charge is 0.260 e. The van der Waals surface area contributed by atoms with Crippen LogP contribution in [0.4, 0.5) is 5.13 Å². The standard InChI is InChI=1S/C24H31N3O3S2/c1-6-26(7-2)13-14-27(24-25-21-16-17(4)15-18(5)22(21)31-24)23(28)19-9-11-20(12-10-19)32(29,30)8-3/h9-12,15-16H,6-8,13-14H2,1-5H3. The molecule has 0 saturated heterocycles. The molecule has 172 valence electrons. The Labute approximate surface area is 194 Å². The monoisotopic (exact) mass is 473 g/mol. The van der Waals surface area contributed by atoms with Gasteiger partial charge in [-0.15, -0.1) is 0 Å². The molecular weight excluding hydrogens is 442 g/mol. The number of aromatic nitrogens is 1. The summed E-state index contributed by atoms with van der Waals surface area (Å²) >= 11 is 1.52. The summed E-state index contributed by atoms with van der Waals surface area (Å²) in [6, 6.07) is 10.4. The van der Waals surface area contributed by atoms with Crippen molar-refractivity contribution in [2.75, 3.05) is 36.8 Å². The van der Waals surface area contributed by atoms with E-state index < -0.39 is 9.84 Å². The lowest BCUT2D eigenvalue weighted by Crippen LogP contribution is -2.38. The van der Waals surface area contributed by atoms with Gasteiger partial charge in [0.15, 0.2) is 15.0 Å². The minimum Gasteiger partial charge on any atom is -0.302 e.